The van der Waals surface area contributed by atoms with E-state index in [1.807, 2.05) is 12.2 Å². The number of hydrogen-bond donors (Lipinski definition) is 0. The maximum absolute atomic E-state index is 3.94. The summed E-state index contributed by atoms with van der Waals surface area (Å²) in [5.74, 6) is 0. The van der Waals surface area contributed by atoms with E-state index in [1.165, 1.54) is 44.5 Å². The summed E-state index contributed by atoms with van der Waals surface area (Å²) < 4.78 is 0. The fraction of sp³-hybridized carbons (Fsp3) is 0.0877. The quantitative estimate of drug-likeness (QED) is 0.102. The molecule has 8 aromatic rings. The fourth-order valence-corrected chi connectivity index (χ4v) is 8.95. The molecule has 0 aliphatic heterocycles. The Kier molecular flexibility index (Phi) is 10.6. The molecule has 2 heteroatoms. The van der Waals surface area contributed by atoms with Gasteiger partial charge in [-0.15, -0.1) is 13.2 Å². The lowest BCUT2D eigenvalue weighted by Gasteiger charge is -2.35. The second-order valence-electron chi connectivity index (χ2n) is 15.3. The van der Waals surface area contributed by atoms with Crippen LogP contribution in [-0.4, -0.2) is 0 Å². The zero-order valence-electron chi connectivity index (χ0n) is 33.4. The maximum atomic E-state index is 3.94. The van der Waals surface area contributed by atoms with Gasteiger partial charge in [-0.2, -0.15) is 0 Å². The number of anilines is 6. The van der Waals surface area contributed by atoms with Crippen molar-refractivity contribution in [1.29, 1.82) is 0 Å². The van der Waals surface area contributed by atoms with Crippen LogP contribution >= 0.6 is 0 Å². The first-order valence-corrected chi connectivity index (χ1v) is 20.7. The third-order valence-electron chi connectivity index (χ3n) is 11.7. The average molecular weight is 761 g/mol. The van der Waals surface area contributed by atoms with E-state index in [9.17, 15) is 0 Å². The maximum Gasteiger partial charge on any atom is 0.0715 e. The Morgan fingerprint density at radius 3 is 1.03 bits per heavy atom. The molecule has 0 atom stereocenters. The lowest BCUT2D eigenvalue weighted by atomic mass is 9.67. The van der Waals surface area contributed by atoms with Gasteiger partial charge in [0.2, 0.25) is 0 Å². The molecule has 0 amide bonds. The molecule has 1 aliphatic carbocycles. The van der Waals surface area contributed by atoms with Gasteiger partial charge in [0.15, 0.2) is 0 Å². The fourth-order valence-electron chi connectivity index (χ4n) is 8.95. The molecule has 0 bridgehead atoms. The van der Waals surface area contributed by atoms with Gasteiger partial charge in [0, 0.05) is 34.1 Å². The highest BCUT2D eigenvalue weighted by Crippen LogP contribution is 2.58. The van der Waals surface area contributed by atoms with Crippen molar-refractivity contribution >= 4 is 34.1 Å². The van der Waals surface area contributed by atoms with Crippen molar-refractivity contribution in [1.82, 2.24) is 0 Å². The van der Waals surface area contributed by atoms with Gasteiger partial charge >= 0.3 is 0 Å². The van der Waals surface area contributed by atoms with Crippen molar-refractivity contribution in [2.75, 3.05) is 9.80 Å². The highest BCUT2D eigenvalue weighted by molar-refractivity contribution is 5.91. The van der Waals surface area contributed by atoms with E-state index >= 15 is 0 Å². The number of allylic oxidation sites excluding steroid dienone is 2. The van der Waals surface area contributed by atoms with Crippen molar-refractivity contribution in [3.8, 4) is 11.1 Å². The molecule has 0 radical (unpaired) electrons. The zero-order chi connectivity index (χ0) is 40.0. The van der Waals surface area contributed by atoms with E-state index in [0.717, 1.165) is 59.8 Å². The molecule has 0 unspecified atom stereocenters. The van der Waals surface area contributed by atoms with Gasteiger partial charge < -0.3 is 9.80 Å². The van der Waals surface area contributed by atoms with Gasteiger partial charge in [0.1, 0.15) is 0 Å². The van der Waals surface area contributed by atoms with Gasteiger partial charge in [-0.25, -0.2) is 0 Å². The number of benzene rings is 8. The van der Waals surface area contributed by atoms with Crippen molar-refractivity contribution in [3.63, 3.8) is 0 Å². The van der Waals surface area contributed by atoms with Crippen LogP contribution in [0.2, 0.25) is 0 Å². The summed E-state index contributed by atoms with van der Waals surface area (Å²) in [4.78, 5) is 4.78. The second-order valence-corrected chi connectivity index (χ2v) is 15.3. The molecule has 8 aromatic carbocycles. The molecule has 0 N–H and O–H groups in total. The van der Waals surface area contributed by atoms with E-state index in [1.54, 1.807) is 0 Å². The summed E-state index contributed by atoms with van der Waals surface area (Å²) in [6.07, 6.45) is 7.86. The summed E-state index contributed by atoms with van der Waals surface area (Å²) in [7, 11) is 0. The minimum atomic E-state index is -0.604. The first kappa shape index (κ1) is 37.4. The SMILES string of the molecule is C=CCCc1ccc(N(c2ccccc2)c2ccc3c(c2)C(c2ccccc2)(c2ccccc2)c2cc(N(c4ccccc4)c4ccc(CCC=C)cc4)ccc2-3)cc1. The van der Waals surface area contributed by atoms with Crippen LogP contribution < -0.4 is 9.80 Å². The minimum Gasteiger partial charge on any atom is -0.310 e. The van der Waals surface area contributed by atoms with Crippen LogP contribution in [0.3, 0.4) is 0 Å². The Morgan fingerprint density at radius 2 is 0.678 bits per heavy atom. The first-order valence-electron chi connectivity index (χ1n) is 20.7. The number of aryl methyl sites for hydroxylation is 2. The predicted molar refractivity (Wildman–Crippen MR) is 250 cm³/mol. The molecular formula is C57H48N2. The molecule has 0 saturated carbocycles. The number of hydrogen-bond acceptors (Lipinski definition) is 2. The number of fused-ring (bicyclic) bond motifs is 3. The number of para-hydroxylation sites is 2. The molecule has 1 aliphatic rings. The number of rotatable bonds is 14. The van der Waals surface area contributed by atoms with Crippen LogP contribution in [-0.2, 0) is 18.3 Å². The predicted octanol–water partition coefficient (Wildman–Crippen LogP) is 15.2. The molecule has 59 heavy (non-hydrogen) atoms. The molecule has 0 saturated heterocycles. The Balaban J connectivity index is 1.27. The Morgan fingerprint density at radius 1 is 0.356 bits per heavy atom. The second kappa shape index (κ2) is 16.7. The van der Waals surface area contributed by atoms with Crippen molar-refractivity contribution in [2.24, 2.45) is 0 Å². The average Bonchev–Trinajstić information content (AvgIpc) is 3.59. The summed E-state index contributed by atoms with van der Waals surface area (Å²) in [6, 6.07) is 75.9. The smallest absolute Gasteiger partial charge is 0.0715 e. The molecular weight excluding hydrogens is 713 g/mol. The van der Waals surface area contributed by atoms with Gasteiger partial charge in [0.05, 0.1) is 5.41 Å². The van der Waals surface area contributed by atoms with Crippen LogP contribution in [0.1, 0.15) is 46.2 Å². The van der Waals surface area contributed by atoms with Crippen molar-refractivity contribution in [2.45, 2.75) is 31.1 Å². The molecule has 286 valence electrons. The monoisotopic (exact) mass is 760 g/mol. The van der Waals surface area contributed by atoms with Crippen molar-refractivity contribution in [3.05, 3.63) is 265 Å². The van der Waals surface area contributed by atoms with Crippen LogP contribution in [0.25, 0.3) is 11.1 Å². The standard InChI is InChI=1S/C57H48N2/c1-3-5-19-43-29-33-49(34-30-43)58(47-25-15-9-16-26-47)51-37-39-53-54-40-38-52(59(48-27-17-10-18-28-48)50-35-31-44(32-36-50)20-6-4-2)42-56(54)57(55(53)41-51,45-21-11-7-12-22-45)46-23-13-8-14-24-46/h3-4,7-18,21-42H,1-2,5-6,19-20H2. The van der Waals surface area contributed by atoms with Gasteiger partial charge in [-0.3, -0.25) is 0 Å². The molecule has 0 fully saturated rings. The molecule has 0 spiro atoms. The molecule has 2 nitrogen and oxygen atoms in total. The van der Waals surface area contributed by atoms with Crippen LogP contribution in [0.15, 0.2) is 232 Å². The topological polar surface area (TPSA) is 6.48 Å². The van der Waals surface area contributed by atoms with Crippen molar-refractivity contribution < 1.29 is 0 Å². The van der Waals surface area contributed by atoms with Gasteiger partial charge in [0.25, 0.3) is 0 Å². The van der Waals surface area contributed by atoms with E-state index in [2.05, 4.69) is 229 Å². The van der Waals surface area contributed by atoms with Crippen LogP contribution in [0, 0.1) is 0 Å². The lowest BCUT2D eigenvalue weighted by molar-refractivity contribution is 0.768. The lowest BCUT2D eigenvalue weighted by Crippen LogP contribution is -2.29. The van der Waals surface area contributed by atoms with Gasteiger partial charge in [-0.1, -0.05) is 146 Å². The highest BCUT2D eigenvalue weighted by atomic mass is 15.1. The first-order chi connectivity index (χ1) is 29.2. The summed E-state index contributed by atoms with van der Waals surface area (Å²) >= 11 is 0. The van der Waals surface area contributed by atoms with Gasteiger partial charge in [-0.05, 0) is 143 Å². The summed E-state index contributed by atoms with van der Waals surface area (Å²) in [5, 5.41) is 0. The zero-order valence-corrected chi connectivity index (χ0v) is 33.4. The Labute approximate surface area is 349 Å². The summed E-state index contributed by atoms with van der Waals surface area (Å²) in [6.45, 7) is 7.88. The number of nitrogens with zero attached hydrogens (tertiary/aromatic N) is 2. The minimum absolute atomic E-state index is 0.604. The Hall–Kier alpha value is -7.16. The molecule has 0 aromatic heterocycles. The largest absolute Gasteiger partial charge is 0.310 e. The normalized spacial score (nSPS) is 12.3. The van der Waals surface area contributed by atoms with Crippen LogP contribution in [0.4, 0.5) is 34.1 Å². The Bertz CT molecular complexity index is 2480. The third kappa shape index (κ3) is 7.08. The van der Waals surface area contributed by atoms with Crippen LogP contribution in [0.5, 0.6) is 0 Å². The highest BCUT2D eigenvalue weighted by Gasteiger charge is 2.47. The molecule has 0 heterocycles. The molecule has 9 rings (SSSR count). The third-order valence-corrected chi connectivity index (χ3v) is 11.7. The van der Waals surface area contributed by atoms with E-state index in [0.29, 0.717) is 0 Å². The van der Waals surface area contributed by atoms with E-state index in [4.69, 9.17) is 0 Å². The summed E-state index contributed by atoms with van der Waals surface area (Å²) in [5.41, 5.74) is 16.2. The van der Waals surface area contributed by atoms with E-state index < -0.39 is 5.41 Å². The van der Waals surface area contributed by atoms with E-state index in [-0.39, 0.29) is 0 Å².